The molecule has 0 heterocycles. The second-order valence-corrected chi connectivity index (χ2v) is 2.16. The van der Waals surface area contributed by atoms with Crippen LogP contribution in [0.4, 0.5) is 0 Å². The Balaban J connectivity index is 2.80. The second-order valence-electron chi connectivity index (χ2n) is 2.16. The van der Waals surface area contributed by atoms with Crippen molar-refractivity contribution in [3.05, 3.63) is 35.4 Å². The molecule has 0 fully saturated rings. The highest BCUT2D eigenvalue weighted by Crippen LogP contribution is 2.02. The van der Waals surface area contributed by atoms with Crippen LogP contribution >= 0.6 is 0 Å². The van der Waals surface area contributed by atoms with Crippen molar-refractivity contribution >= 4 is 0 Å². The molecular weight excluding hydrogens is 126 g/mol. The maximum absolute atomic E-state index is 10.3. The molecule has 10 heavy (non-hydrogen) atoms. The average molecular weight is 136 g/mol. The fourth-order valence-electron chi connectivity index (χ4n) is 0.772. The summed E-state index contributed by atoms with van der Waals surface area (Å²) in [5.41, 5.74) is 7.25. The minimum Gasteiger partial charge on any atom is -0.326 e. The number of hydrogen-bond donors (Lipinski definition) is 1. The lowest BCUT2D eigenvalue weighted by atomic mass is 10.1. The Morgan fingerprint density at radius 1 is 1.10 bits per heavy atom. The average Bonchev–Trinajstić information content (AvgIpc) is 2.05. The smallest absolute Gasteiger partial charge is 0.107 e. The molecule has 1 radical (unpaired) electrons. The molecule has 2 heteroatoms. The molecule has 0 aromatic heterocycles. The Labute approximate surface area is 60.3 Å². The molecule has 0 unspecified atom stereocenters. The van der Waals surface area contributed by atoms with Gasteiger partial charge in [-0.3, -0.25) is 0 Å². The zero-order valence-corrected chi connectivity index (χ0v) is 5.71. The zero-order chi connectivity index (χ0) is 7.40. The van der Waals surface area contributed by atoms with E-state index in [1.165, 1.54) is 0 Å². The van der Waals surface area contributed by atoms with Crippen LogP contribution in [0.5, 0.6) is 0 Å². The van der Waals surface area contributed by atoms with E-state index in [1.54, 1.807) is 0 Å². The fraction of sp³-hybridized carbons (Fsp3) is 0.250. The van der Waals surface area contributed by atoms with E-state index in [9.17, 15) is 5.11 Å². The van der Waals surface area contributed by atoms with E-state index >= 15 is 0 Å². The van der Waals surface area contributed by atoms with Gasteiger partial charge in [-0.05, 0) is 11.1 Å². The predicted octanol–water partition coefficient (Wildman–Crippen LogP) is 1.08. The maximum Gasteiger partial charge on any atom is 0.107 e. The topological polar surface area (TPSA) is 45.9 Å². The van der Waals surface area contributed by atoms with Gasteiger partial charge in [0.1, 0.15) is 6.61 Å². The predicted molar refractivity (Wildman–Crippen MR) is 38.7 cm³/mol. The molecule has 1 rings (SSSR count). The molecule has 1 aromatic carbocycles. The molecule has 0 amide bonds. The van der Waals surface area contributed by atoms with Crippen molar-refractivity contribution in [2.45, 2.75) is 13.2 Å². The zero-order valence-electron chi connectivity index (χ0n) is 5.71. The van der Waals surface area contributed by atoms with Crippen LogP contribution in [0.1, 0.15) is 11.1 Å². The van der Waals surface area contributed by atoms with Gasteiger partial charge in [-0.2, -0.15) is 0 Å². The van der Waals surface area contributed by atoms with Crippen LogP contribution in [0.25, 0.3) is 0 Å². The Hall–Kier alpha value is -0.860. The van der Waals surface area contributed by atoms with Gasteiger partial charge in [0.05, 0.1) is 0 Å². The standard InChI is InChI=1S/C8H10NO/c9-5-7-1-3-8(6-10)4-2-7/h1-4H,5-6,9H2. The van der Waals surface area contributed by atoms with Crippen molar-refractivity contribution in [2.75, 3.05) is 0 Å². The van der Waals surface area contributed by atoms with Gasteiger partial charge in [-0.25, -0.2) is 5.11 Å². The fourth-order valence-corrected chi connectivity index (χ4v) is 0.772. The van der Waals surface area contributed by atoms with Crippen molar-refractivity contribution in [3.8, 4) is 0 Å². The first-order valence-corrected chi connectivity index (χ1v) is 3.23. The molecule has 2 nitrogen and oxygen atoms in total. The van der Waals surface area contributed by atoms with Gasteiger partial charge in [0.15, 0.2) is 0 Å². The lowest BCUT2D eigenvalue weighted by molar-refractivity contribution is 0.177. The van der Waals surface area contributed by atoms with Gasteiger partial charge in [0.25, 0.3) is 0 Å². The molecule has 0 saturated heterocycles. The van der Waals surface area contributed by atoms with Gasteiger partial charge < -0.3 is 5.73 Å². The van der Waals surface area contributed by atoms with Crippen LogP contribution in [-0.4, -0.2) is 0 Å². The first kappa shape index (κ1) is 7.25. The van der Waals surface area contributed by atoms with Gasteiger partial charge in [-0.1, -0.05) is 24.3 Å². The van der Waals surface area contributed by atoms with Crippen LogP contribution < -0.4 is 5.73 Å². The van der Waals surface area contributed by atoms with Crippen LogP contribution in [0.3, 0.4) is 0 Å². The Morgan fingerprint density at radius 2 is 1.60 bits per heavy atom. The molecular formula is C8H10NO. The number of rotatable bonds is 2. The van der Waals surface area contributed by atoms with Crippen LogP contribution in [0, 0.1) is 0 Å². The minimum absolute atomic E-state index is 0.148. The largest absolute Gasteiger partial charge is 0.326 e. The van der Waals surface area contributed by atoms with E-state index in [2.05, 4.69) is 0 Å². The highest BCUT2D eigenvalue weighted by atomic mass is 16.3. The molecule has 0 aliphatic carbocycles. The third kappa shape index (κ3) is 1.56. The Kier molecular flexibility index (Phi) is 2.42. The van der Waals surface area contributed by atoms with Crippen molar-refractivity contribution in [1.82, 2.24) is 0 Å². The number of nitrogens with two attached hydrogens (primary N) is 1. The molecule has 0 aliphatic rings. The summed E-state index contributed by atoms with van der Waals surface area (Å²) in [6.45, 7) is 0.393. The third-order valence-corrected chi connectivity index (χ3v) is 1.43. The van der Waals surface area contributed by atoms with Crippen LogP contribution in [0.15, 0.2) is 24.3 Å². The summed E-state index contributed by atoms with van der Waals surface area (Å²) >= 11 is 0. The van der Waals surface area contributed by atoms with Gasteiger partial charge in [-0.15, -0.1) is 0 Å². The van der Waals surface area contributed by atoms with Crippen molar-refractivity contribution < 1.29 is 5.11 Å². The van der Waals surface area contributed by atoms with Crippen LogP contribution in [-0.2, 0) is 18.3 Å². The van der Waals surface area contributed by atoms with E-state index in [1.807, 2.05) is 24.3 Å². The highest BCUT2D eigenvalue weighted by molar-refractivity contribution is 5.21. The molecule has 0 spiro atoms. The summed E-state index contributed by atoms with van der Waals surface area (Å²) in [4.78, 5) is 0. The van der Waals surface area contributed by atoms with E-state index < -0.39 is 0 Å². The molecule has 53 valence electrons. The molecule has 2 N–H and O–H groups in total. The van der Waals surface area contributed by atoms with Crippen LogP contribution in [0.2, 0.25) is 0 Å². The molecule has 0 bridgehead atoms. The maximum atomic E-state index is 10.3. The lowest BCUT2D eigenvalue weighted by Gasteiger charge is -1.96. The second kappa shape index (κ2) is 3.34. The van der Waals surface area contributed by atoms with Crippen molar-refractivity contribution in [1.29, 1.82) is 0 Å². The third-order valence-electron chi connectivity index (χ3n) is 1.43. The molecule has 0 saturated carbocycles. The van der Waals surface area contributed by atoms with Gasteiger partial charge >= 0.3 is 0 Å². The van der Waals surface area contributed by atoms with Crippen molar-refractivity contribution in [2.24, 2.45) is 5.73 Å². The summed E-state index contributed by atoms with van der Waals surface area (Å²) < 4.78 is 0. The normalized spacial score (nSPS) is 9.80. The number of hydrogen-bond acceptors (Lipinski definition) is 1. The monoisotopic (exact) mass is 136 g/mol. The molecule has 1 aromatic rings. The van der Waals surface area contributed by atoms with Crippen molar-refractivity contribution in [3.63, 3.8) is 0 Å². The van der Waals surface area contributed by atoms with E-state index in [0.29, 0.717) is 6.54 Å². The summed E-state index contributed by atoms with van der Waals surface area (Å²) in [5.74, 6) is 0. The Bertz CT molecular complexity index is 170. The summed E-state index contributed by atoms with van der Waals surface area (Å²) in [7, 11) is 0. The highest BCUT2D eigenvalue weighted by Gasteiger charge is 1.90. The minimum atomic E-state index is -0.148. The van der Waals surface area contributed by atoms with E-state index in [0.717, 1.165) is 11.1 Å². The van der Waals surface area contributed by atoms with E-state index in [-0.39, 0.29) is 6.61 Å². The summed E-state index contributed by atoms with van der Waals surface area (Å²) in [6, 6.07) is 7.39. The first-order valence-electron chi connectivity index (χ1n) is 3.23. The van der Waals surface area contributed by atoms with Gasteiger partial charge in [0.2, 0.25) is 0 Å². The SMILES string of the molecule is NCc1ccc(C[O])cc1. The summed E-state index contributed by atoms with van der Waals surface area (Å²) in [6.07, 6.45) is 0. The quantitative estimate of drug-likeness (QED) is 0.649. The lowest BCUT2D eigenvalue weighted by Crippen LogP contribution is -1.95. The molecule has 0 atom stereocenters. The summed E-state index contributed by atoms with van der Waals surface area (Å²) in [5, 5.41) is 10.3. The van der Waals surface area contributed by atoms with Gasteiger partial charge in [0, 0.05) is 6.54 Å². The Morgan fingerprint density at radius 3 is 2.00 bits per heavy atom. The first-order chi connectivity index (χ1) is 4.86. The van der Waals surface area contributed by atoms with E-state index in [4.69, 9.17) is 5.73 Å². The molecule has 0 aliphatic heterocycles. The number of benzene rings is 1.